The molecule has 0 saturated carbocycles. The van der Waals surface area contributed by atoms with Gasteiger partial charge in [0.05, 0.1) is 19.8 Å². The number of ether oxygens (including phenoxy) is 2. The Morgan fingerprint density at radius 1 is 1.23 bits per heavy atom. The number of nitrogens with zero attached hydrogens (tertiary/aromatic N) is 1. The smallest absolute Gasteiger partial charge is 0.354 e. The molecule has 7 nitrogen and oxygen atoms in total. The summed E-state index contributed by atoms with van der Waals surface area (Å²) < 4.78 is 10.4. The lowest BCUT2D eigenvalue weighted by Gasteiger charge is -2.25. The molecule has 3 rings (SSSR count). The first-order chi connectivity index (χ1) is 14.3. The molecule has 1 aromatic carbocycles. The molecule has 2 aromatic rings. The van der Waals surface area contributed by atoms with Gasteiger partial charge in [0.1, 0.15) is 5.69 Å². The molecule has 30 heavy (non-hydrogen) atoms. The molecule has 1 amide bonds. The number of methoxy groups -OCH3 is 1. The lowest BCUT2D eigenvalue weighted by molar-refractivity contribution is 0.0506. The molecule has 1 aromatic heterocycles. The van der Waals surface area contributed by atoms with Crippen molar-refractivity contribution < 1.29 is 23.9 Å². The van der Waals surface area contributed by atoms with E-state index < -0.39 is 5.97 Å². The fraction of sp³-hybridized carbons (Fsp3) is 0.409. The first kappa shape index (κ1) is 22.1. The number of hydrogen-bond donors (Lipinski definition) is 1. The summed E-state index contributed by atoms with van der Waals surface area (Å²) in [6.45, 7) is 4.26. The van der Waals surface area contributed by atoms with E-state index in [-0.39, 0.29) is 30.0 Å². The largest absolute Gasteiger partial charge is 0.464 e. The fourth-order valence-electron chi connectivity index (χ4n) is 3.76. The Hall–Kier alpha value is -2.64. The highest BCUT2D eigenvalue weighted by Gasteiger charge is 2.28. The molecule has 160 valence electrons. The molecule has 0 unspecified atom stereocenters. The Bertz CT molecular complexity index is 945. The average Bonchev–Trinajstić information content (AvgIpc) is 3.34. The number of carbonyl (C=O) groups excluding carboxylic acids is 3. The minimum absolute atomic E-state index is 0.104. The second kappa shape index (κ2) is 9.45. The van der Waals surface area contributed by atoms with Gasteiger partial charge in [0, 0.05) is 35.0 Å². The zero-order chi connectivity index (χ0) is 21.8. The number of hydrogen-bond acceptors (Lipinski definition) is 5. The van der Waals surface area contributed by atoms with Gasteiger partial charge in [-0.3, -0.25) is 9.59 Å². The Kier molecular flexibility index (Phi) is 6.95. The second-order valence-corrected chi connectivity index (χ2v) is 7.80. The van der Waals surface area contributed by atoms with Crippen molar-refractivity contribution in [1.82, 2.24) is 9.88 Å². The number of ketones is 1. The van der Waals surface area contributed by atoms with E-state index in [9.17, 15) is 14.4 Å². The van der Waals surface area contributed by atoms with E-state index in [0.717, 1.165) is 12.8 Å². The molecule has 8 heteroatoms. The number of Topliss-reactive ketones (excluding diaryl/α,β-unsaturated/α-hetero) is 1. The molecule has 2 heterocycles. The molecule has 0 radical (unpaired) electrons. The van der Waals surface area contributed by atoms with Gasteiger partial charge in [0.25, 0.3) is 5.91 Å². The molecular formula is C22H25ClN2O5. The maximum Gasteiger partial charge on any atom is 0.354 e. The topological polar surface area (TPSA) is 88.7 Å². The van der Waals surface area contributed by atoms with Crippen molar-refractivity contribution >= 4 is 29.3 Å². The van der Waals surface area contributed by atoms with Crippen LogP contribution in [0.2, 0.25) is 5.02 Å². The zero-order valence-electron chi connectivity index (χ0n) is 17.3. The Morgan fingerprint density at radius 3 is 2.53 bits per heavy atom. The van der Waals surface area contributed by atoms with E-state index in [1.54, 1.807) is 38.1 Å². The summed E-state index contributed by atoms with van der Waals surface area (Å²) in [5.74, 6) is -1.06. The van der Waals surface area contributed by atoms with E-state index in [0.29, 0.717) is 40.6 Å². The lowest BCUT2D eigenvalue weighted by atomic mass is 10.0. The number of aromatic nitrogens is 1. The molecule has 1 aliphatic heterocycles. The number of amides is 1. The second-order valence-electron chi connectivity index (χ2n) is 7.37. The zero-order valence-corrected chi connectivity index (χ0v) is 18.0. The number of nitrogens with one attached hydrogen (secondary N) is 1. The van der Waals surface area contributed by atoms with E-state index in [4.69, 9.17) is 21.1 Å². The molecule has 0 aliphatic carbocycles. The van der Waals surface area contributed by atoms with Crippen LogP contribution in [0, 0.1) is 13.8 Å². The number of esters is 1. The van der Waals surface area contributed by atoms with Crippen LogP contribution in [0.4, 0.5) is 0 Å². The van der Waals surface area contributed by atoms with Crippen LogP contribution in [0.1, 0.15) is 55.3 Å². The van der Waals surface area contributed by atoms with Crippen molar-refractivity contribution in [1.29, 1.82) is 0 Å². The molecular weight excluding hydrogens is 408 g/mol. The number of carbonyl (C=O) groups is 3. The highest BCUT2D eigenvalue weighted by Crippen LogP contribution is 2.21. The van der Waals surface area contributed by atoms with Crippen molar-refractivity contribution in [2.45, 2.75) is 32.8 Å². The fourth-order valence-corrected chi connectivity index (χ4v) is 3.88. The number of aryl methyl sites for hydroxylation is 1. The molecule has 1 fully saturated rings. The van der Waals surface area contributed by atoms with Gasteiger partial charge in [-0.1, -0.05) is 11.6 Å². The normalized spacial score (nSPS) is 15.8. The summed E-state index contributed by atoms with van der Waals surface area (Å²) >= 11 is 5.93. The first-order valence-corrected chi connectivity index (χ1v) is 10.2. The predicted molar refractivity (Wildman–Crippen MR) is 112 cm³/mol. The maximum atomic E-state index is 13.2. The Morgan fingerprint density at radius 2 is 1.93 bits per heavy atom. The minimum atomic E-state index is -0.539. The third kappa shape index (κ3) is 4.74. The molecule has 0 spiro atoms. The van der Waals surface area contributed by atoms with Gasteiger partial charge in [0.2, 0.25) is 0 Å². The highest BCUT2D eigenvalue weighted by molar-refractivity contribution is 6.30. The van der Waals surface area contributed by atoms with Gasteiger partial charge < -0.3 is 19.4 Å². The van der Waals surface area contributed by atoms with Crippen molar-refractivity contribution in [3.05, 3.63) is 57.4 Å². The predicted octanol–water partition coefficient (Wildman–Crippen LogP) is 3.58. The summed E-state index contributed by atoms with van der Waals surface area (Å²) in [5.41, 5.74) is 2.17. The van der Waals surface area contributed by atoms with Crippen LogP contribution in [0.15, 0.2) is 24.3 Å². The van der Waals surface area contributed by atoms with Gasteiger partial charge >= 0.3 is 5.97 Å². The van der Waals surface area contributed by atoms with E-state index in [2.05, 4.69) is 4.98 Å². The van der Waals surface area contributed by atoms with Gasteiger partial charge in [-0.15, -0.1) is 0 Å². The van der Waals surface area contributed by atoms with Gasteiger partial charge in [-0.05, 0) is 56.5 Å². The van der Waals surface area contributed by atoms with Gasteiger partial charge in [-0.2, -0.15) is 0 Å². The molecule has 1 N–H and O–H groups in total. The first-order valence-electron chi connectivity index (χ1n) is 9.79. The van der Waals surface area contributed by atoms with Gasteiger partial charge in [-0.25, -0.2) is 4.79 Å². The van der Waals surface area contributed by atoms with Crippen LogP contribution < -0.4 is 0 Å². The third-order valence-electron chi connectivity index (χ3n) is 5.27. The van der Waals surface area contributed by atoms with E-state index in [1.807, 2.05) is 0 Å². The SMILES string of the molecule is COC(=O)c1[nH]c(C)c(C(=O)CN(C[C@H]2CCCO2)C(=O)c2ccc(Cl)cc2)c1C. The van der Waals surface area contributed by atoms with Crippen LogP contribution in [-0.4, -0.2) is 60.5 Å². The average molecular weight is 433 g/mol. The quantitative estimate of drug-likeness (QED) is 0.533. The summed E-state index contributed by atoms with van der Waals surface area (Å²) in [6.07, 6.45) is 1.67. The number of H-pyrrole nitrogens is 1. The van der Waals surface area contributed by atoms with Gasteiger partial charge in [0.15, 0.2) is 5.78 Å². The Labute approximate surface area is 180 Å². The molecule has 1 atom stereocenters. The van der Waals surface area contributed by atoms with E-state index in [1.165, 1.54) is 12.0 Å². The summed E-state index contributed by atoms with van der Waals surface area (Å²) in [6, 6.07) is 6.56. The van der Waals surface area contributed by atoms with Crippen LogP contribution >= 0.6 is 11.6 Å². The Balaban J connectivity index is 1.86. The van der Waals surface area contributed by atoms with Crippen molar-refractivity contribution in [3.8, 4) is 0 Å². The number of rotatable bonds is 7. The van der Waals surface area contributed by atoms with E-state index >= 15 is 0 Å². The van der Waals surface area contributed by atoms with Crippen LogP contribution in [0.3, 0.4) is 0 Å². The monoisotopic (exact) mass is 432 g/mol. The van der Waals surface area contributed by atoms with Crippen LogP contribution in [0.5, 0.6) is 0 Å². The number of benzene rings is 1. The third-order valence-corrected chi connectivity index (χ3v) is 5.52. The van der Waals surface area contributed by atoms with Crippen LogP contribution in [0.25, 0.3) is 0 Å². The summed E-state index contributed by atoms with van der Waals surface area (Å²) in [5, 5.41) is 0.530. The van der Waals surface area contributed by atoms with Crippen LogP contribution in [-0.2, 0) is 9.47 Å². The minimum Gasteiger partial charge on any atom is -0.464 e. The lowest BCUT2D eigenvalue weighted by Crippen LogP contribution is -2.41. The number of aromatic amines is 1. The van der Waals surface area contributed by atoms with Crippen molar-refractivity contribution in [2.75, 3.05) is 26.8 Å². The number of halogens is 1. The van der Waals surface area contributed by atoms with Crippen molar-refractivity contribution in [3.63, 3.8) is 0 Å². The molecule has 1 saturated heterocycles. The standard InChI is InChI=1S/C22H25ClN2O5/c1-13-19(14(2)24-20(13)22(28)29-3)18(26)12-25(11-17-5-4-10-30-17)21(27)15-6-8-16(23)9-7-15/h6-9,17,24H,4-5,10-12H2,1-3H3/t17-/m1/s1. The molecule has 0 bridgehead atoms. The maximum absolute atomic E-state index is 13.2. The highest BCUT2D eigenvalue weighted by atomic mass is 35.5. The summed E-state index contributed by atoms with van der Waals surface area (Å²) in [4.78, 5) is 42.7. The van der Waals surface area contributed by atoms with Crippen molar-refractivity contribution in [2.24, 2.45) is 0 Å². The molecule has 1 aliphatic rings. The summed E-state index contributed by atoms with van der Waals surface area (Å²) in [7, 11) is 1.29.